The van der Waals surface area contributed by atoms with E-state index in [1.807, 2.05) is 60.7 Å². The molecule has 1 saturated heterocycles. The first-order valence-electron chi connectivity index (χ1n) is 8.64. The van der Waals surface area contributed by atoms with Crippen molar-refractivity contribution in [1.29, 1.82) is 0 Å². The molecular weight excluding hydrogens is 332 g/mol. The second kappa shape index (κ2) is 7.66. The number of hydrogen-bond donors (Lipinski definition) is 1. The van der Waals surface area contributed by atoms with E-state index in [-0.39, 0.29) is 17.5 Å². The Hall–Kier alpha value is -2.73. The van der Waals surface area contributed by atoms with Crippen LogP contribution in [0, 0.1) is 10.1 Å². The standard InChI is InChI=1S/C20H22N2O4/c1-26-19(23)20(13-12-18(21-20)16-10-6-3-7-11-16)17(14-22(24)25)15-8-4-2-5-9-15/h2-11,17-18,21H,12-14H2,1H3/t17-,18-,20-/m0/s1. The first-order valence-corrected chi connectivity index (χ1v) is 8.64. The van der Waals surface area contributed by atoms with Crippen molar-refractivity contribution in [2.45, 2.75) is 30.3 Å². The first kappa shape index (κ1) is 18.1. The van der Waals surface area contributed by atoms with Gasteiger partial charge in [-0.1, -0.05) is 60.7 Å². The SMILES string of the molecule is COC(=O)[C@@]1([C@@H](C[N+](=O)[O-])c2ccccc2)CC[C@@H](c2ccccc2)N1. The molecule has 0 radical (unpaired) electrons. The fraction of sp³-hybridized carbons (Fsp3) is 0.350. The molecule has 2 aromatic rings. The van der Waals surface area contributed by atoms with Crippen LogP contribution in [0.4, 0.5) is 0 Å². The highest BCUT2D eigenvalue weighted by atomic mass is 16.6. The minimum Gasteiger partial charge on any atom is -0.468 e. The summed E-state index contributed by atoms with van der Waals surface area (Å²) in [5, 5.41) is 14.8. The largest absolute Gasteiger partial charge is 0.468 e. The van der Waals surface area contributed by atoms with Crippen molar-refractivity contribution >= 4 is 5.97 Å². The minimum atomic E-state index is -1.12. The van der Waals surface area contributed by atoms with Gasteiger partial charge in [-0.25, -0.2) is 0 Å². The molecule has 26 heavy (non-hydrogen) atoms. The summed E-state index contributed by atoms with van der Waals surface area (Å²) in [7, 11) is 1.33. The molecular formula is C20H22N2O4. The Kier molecular flexibility index (Phi) is 5.32. The van der Waals surface area contributed by atoms with E-state index < -0.39 is 17.4 Å². The number of carbonyl (C=O) groups excluding carboxylic acids is 1. The van der Waals surface area contributed by atoms with Crippen molar-refractivity contribution in [3.05, 3.63) is 81.9 Å². The number of esters is 1. The topological polar surface area (TPSA) is 81.5 Å². The third-order valence-corrected chi connectivity index (χ3v) is 5.14. The fourth-order valence-electron chi connectivity index (χ4n) is 3.90. The highest BCUT2D eigenvalue weighted by Gasteiger charge is 2.54. The van der Waals surface area contributed by atoms with E-state index in [2.05, 4.69) is 5.32 Å². The van der Waals surface area contributed by atoms with Gasteiger partial charge in [0.25, 0.3) is 0 Å². The molecule has 0 aromatic heterocycles. The molecule has 0 saturated carbocycles. The number of methoxy groups -OCH3 is 1. The second-order valence-corrected chi connectivity index (χ2v) is 6.59. The van der Waals surface area contributed by atoms with Crippen molar-refractivity contribution in [2.75, 3.05) is 13.7 Å². The highest BCUT2D eigenvalue weighted by Crippen LogP contribution is 2.42. The Morgan fingerprint density at radius 3 is 2.42 bits per heavy atom. The van der Waals surface area contributed by atoms with E-state index in [1.54, 1.807) is 0 Å². The van der Waals surface area contributed by atoms with Crippen LogP contribution < -0.4 is 5.32 Å². The van der Waals surface area contributed by atoms with Crippen molar-refractivity contribution in [3.63, 3.8) is 0 Å². The van der Waals surface area contributed by atoms with Gasteiger partial charge in [0, 0.05) is 11.0 Å². The van der Waals surface area contributed by atoms with Gasteiger partial charge in [0.2, 0.25) is 6.54 Å². The molecule has 0 unspecified atom stereocenters. The van der Waals surface area contributed by atoms with E-state index in [1.165, 1.54) is 7.11 Å². The molecule has 3 atom stereocenters. The maximum atomic E-state index is 12.8. The molecule has 0 bridgehead atoms. The number of benzene rings is 2. The van der Waals surface area contributed by atoms with Crippen molar-refractivity contribution in [2.24, 2.45) is 0 Å². The lowest BCUT2D eigenvalue weighted by atomic mass is 9.78. The van der Waals surface area contributed by atoms with Crippen LogP contribution in [0.1, 0.15) is 35.9 Å². The van der Waals surface area contributed by atoms with Crippen LogP contribution in [-0.4, -0.2) is 30.1 Å². The van der Waals surface area contributed by atoms with Crippen LogP contribution >= 0.6 is 0 Å². The van der Waals surface area contributed by atoms with Crippen LogP contribution in [0.3, 0.4) is 0 Å². The summed E-state index contributed by atoms with van der Waals surface area (Å²) >= 11 is 0. The molecule has 6 heteroatoms. The average Bonchev–Trinajstić information content (AvgIpc) is 3.13. The molecule has 136 valence electrons. The lowest BCUT2D eigenvalue weighted by Crippen LogP contribution is -2.55. The molecule has 0 spiro atoms. The number of carbonyl (C=O) groups is 1. The number of nitro groups is 1. The predicted molar refractivity (Wildman–Crippen MR) is 97.3 cm³/mol. The molecule has 1 heterocycles. The predicted octanol–water partition coefficient (Wildman–Crippen LogP) is 3.08. The zero-order valence-electron chi connectivity index (χ0n) is 14.6. The van der Waals surface area contributed by atoms with Gasteiger partial charge in [-0.2, -0.15) is 0 Å². The van der Waals surface area contributed by atoms with Crippen LogP contribution in [0.2, 0.25) is 0 Å². The van der Waals surface area contributed by atoms with Crippen molar-refractivity contribution in [3.8, 4) is 0 Å². The zero-order valence-corrected chi connectivity index (χ0v) is 14.6. The number of hydrogen-bond acceptors (Lipinski definition) is 5. The summed E-state index contributed by atoms with van der Waals surface area (Å²) in [6.45, 7) is -0.340. The van der Waals surface area contributed by atoms with Crippen molar-refractivity contribution < 1.29 is 14.5 Å². The maximum Gasteiger partial charge on any atom is 0.326 e. The lowest BCUT2D eigenvalue weighted by molar-refractivity contribution is -0.485. The third kappa shape index (κ3) is 3.46. The smallest absolute Gasteiger partial charge is 0.326 e. The normalized spacial score (nSPS) is 23.3. The van der Waals surface area contributed by atoms with Gasteiger partial charge in [-0.15, -0.1) is 0 Å². The molecule has 1 aliphatic heterocycles. The molecule has 1 aliphatic rings. The Morgan fingerprint density at radius 2 is 1.85 bits per heavy atom. The van der Waals surface area contributed by atoms with E-state index in [9.17, 15) is 14.9 Å². The summed E-state index contributed by atoms with van der Waals surface area (Å²) in [4.78, 5) is 23.8. The fourth-order valence-corrected chi connectivity index (χ4v) is 3.90. The molecule has 6 nitrogen and oxygen atoms in total. The van der Waals surface area contributed by atoms with Gasteiger partial charge in [-0.3, -0.25) is 20.2 Å². The van der Waals surface area contributed by atoms with Gasteiger partial charge >= 0.3 is 5.97 Å². The molecule has 1 N–H and O–H groups in total. The quantitative estimate of drug-likeness (QED) is 0.490. The van der Waals surface area contributed by atoms with Gasteiger partial charge in [0.05, 0.1) is 13.0 Å². The summed E-state index contributed by atoms with van der Waals surface area (Å²) < 4.78 is 5.08. The number of nitrogens with one attached hydrogen (secondary N) is 1. The Morgan fingerprint density at radius 1 is 1.23 bits per heavy atom. The summed E-state index contributed by atoms with van der Waals surface area (Å²) in [6.07, 6.45) is 1.19. The summed E-state index contributed by atoms with van der Waals surface area (Å²) in [5.41, 5.74) is 0.700. The van der Waals surface area contributed by atoms with Crippen LogP contribution in [0.5, 0.6) is 0 Å². The number of rotatable bonds is 6. The first-order chi connectivity index (χ1) is 12.6. The van der Waals surface area contributed by atoms with Gasteiger partial charge < -0.3 is 4.74 Å². The summed E-state index contributed by atoms with van der Waals surface area (Å²) in [5.74, 6) is -1.06. The Bertz CT molecular complexity index is 766. The molecule has 3 rings (SSSR count). The van der Waals surface area contributed by atoms with Crippen LogP contribution in [0.15, 0.2) is 60.7 Å². The third-order valence-electron chi connectivity index (χ3n) is 5.14. The van der Waals surface area contributed by atoms with Gasteiger partial charge in [-0.05, 0) is 24.0 Å². The van der Waals surface area contributed by atoms with Crippen LogP contribution in [-0.2, 0) is 9.53 Å². The minimum absolute atomic E-state index is 0.0479. The monoisotopic (exact) mass is 354 g/mol. The zero-order chi connectivity index (χ0) is 18.6. The van der Waals surface area contributed by atoms with E-state index in [0.29, 0.717) is 12.8 Å². The van der Waals surface area contributed by atoms with Crippen LogP contribution in [0.25, 0.3) is 0 Å². The van der Waals surface area contributed by atoms with E-state index >= 15 is 0 Å². The van der Waals surface area contributed by atoms with Crippen molar-refractivity contribution in [1.82, 2.24) is 5.32 Å². The average molecular weight is 354 g/mol. The lowest BCUT2D eigenvalue weighted by Gasteiger charge is -2.34. The second-order valence-electron chi connectivity index (χ2n) is 6.59. The molecule has 1 fully saturated rings. The van der Waals surface area contributed by atoms with E-state index in [4.69, 9.17) is 4.74 Å². The molecule has 2 aromatic carbocycles. The Balaban J connectivity index is 2.01. The molecule has 0 amide bonds. The Labute approximate surface area is 152 Å². The summed E-state index contributed by atoms with van der Waals surface area (Å²) in [6, 6.07) is 18.9. The maximum absolute atomic E-state index is 12.8. The van der Waals surface area contributed by atoms with Gasteiger partial charge in [0.15, 0.2) is 0 Å². The van der Waals surface area contributed by atoms with Gasteiger partial charge in [0.1, 0.15) is 5.54 Å². The highest BCUT2D eigenvalue weighted by molar-refractivity contribution is 5.83. The number of nitrogens with zero attached hydrogens (tertiary/aromatic N) is 1. The van der Waals surface area contributed by atoms with E-state index in [0.717, 1.165) is 11.1 Å². The molecule has 0 aliphatic carbocycles. The number of ether oxygens (including phenoxy) is 1.